The maximum atomic E-state index is 13.1. The molecule has 41 heavy (non-hydrogen) atoms. The molecule has 5 nitrogen and oxygen atoms in total. The van der Waals surface area contributed by atoms with Gasteiger partial charge in [0.2, 0.25) is 5.51 Å². The van der Waals surface area contributed by atoms with Crippen molar-refractivity contribution in [1.29, 1.82) is 0 Å². The van der Waals surface area contributed by atoms with E-state index in [0.717, 1.165) is 23.3 Å². The Hall–Kier alpha value is -1.36. The van der Waals surface area contributed by atoms with Crippen LogP contribution in [0.1, 0.15) is 149 Å². The minimum Gasteiger partial charge on any atom is -0.493 e. The number of benzene rings is 1. The van der Waals surface area contributed by atoms with Crippen molar-refractivity contribution in [1.82, 2.24) is 0 Å². The van der Waals surface area contributed by atoms with Gasteiger partial charge in [-0.05, 0) is 29.4 Å². The minimum atomic E-state index is -3.91. The highest BCUT2D eigenvalue weighted by Gasteiger charge is 2.33. The molecule has 0 radical (unpaired) electrons. The minimum absolute atomic E-state index is 0.0810. The van der Waals surface area contributed by atoms with E-state index < -0.39 is 7.60 Å². The summed E-state index contributed by atoms with van der Waals surface area (Å²) in [6.07, 6.45) is 20.4. The van der Waals surface area contributed by atoms with Gasteiger partial charge in [0.1, 0.15) is 11.5 Å². The van der Waals surface area contributed by atoms with E-state index in [1.807, 2.05) is 23.0 Å². The second-order valence-electron chi connectivity index (χ2n) is 13.7. The van der Waals surface area contributed by atoms with E-state index in [4.69, 9.17) is 9.26 Å². The molecular formula is C34H59NO4PS+. The van der Waals surface area contributed by atoms with Crippen molar-refractivity contribution in [2.45, 2.75) is 155 Å². The molecule has 1 N–H and O–H groups in total. The molecule has 0 saturated heterocycles. The SMILES string of the molecule is CCCCCCCCCCCCCCCCOc1cc(C(C)(C)C)c(OP(=O)(O)C[n+]2ccsc2)cc1C(C)(C)C. The average molecular weight is 609 g/mol. The number of hydrogen-bond acceptors (Lipinski definition) is 4. The van der Waals surface area contributed by atoms with Crippen molar-refractivity contribution in [3.05, 3.63) is 40.3 Å². The zero-order valence-corrected chi connectivity index (χ0v) is 28.9. The Bertz CT molecular complexity index is 1040. The van der Waals surface area contributed by atoms with Gasteiger partial charge < -0.3 is 14.2 Å². The molecule has 7 heteroatoms. The second kappa shape index (κ2) is 17.7. The number of nitrogens with zero attached hydrogens (tertiary/aromatic N) is 1. The molecule has 1 aromatic heterocycles. The van der Waals surface area contributed by atoms with Crippen LogP contribution in [0.2, 0.25) is 0 Å². The Morgan fingerprint density at radius 2 is 1.22 bits per heavy atom. The standard InChI is InChI=1S/C34H58NO4PS/c1-8-9-10-11-12-13-14-15-16-17-18-19-20-21-23-38-31-25-30(34(5,6)7)32(26-29(31)33(2,3)4)39-40(36,37)27-35-22-24-41-28-35/h22,24-26,28H,8-21,23,27H2,1-7H3/p+1. The Balaban J connectivity index is 1.88. The molecule has 2 aromatic rings. The fourth-order valence-corrected chi connectivity index (χ4v) is 6.95. The van der Waals surface area contributed by atoms with Gasteiger partial charge in [0.25, 0.3) is 6.29 Å². The molecule has 1 heterocycles. The van der Waals surface area contributed by atoms with Crippen LogP contribution in [0.4, 0.5) is 0 Å². The molecule has 0 aliphatic carbocycles. The third-order valence-corrected chi connectivity index (χ3v) is 9.40. The van der Waals surface area contributed by atoms with Crippen LogP contribution >= 0.6 is 18.9 Å². The molecule has 1 aromatic carbocycles. The number of ether oxygens (including phenoxy) is 1. The fourth-order valence-electron chi connectivity index (χ4n) is 5.14. The summed E-state index contributed by atoms with van der Waals surface area (Å²) >= 11 is 1.48. The lowest BCUT2D eigenvalue weighted by Crippen LogP contribution is -2.31. The second-order valence-corrected chi connectivity index (χ2v) is 16.2. The van der Waals surface area contributed by atoms with Gasteiger partial charge in [-0.15, -0.1) is 0 Å². The molecule has 0 aliphatic rings. The summed E-state index contributed by atoms with van der Waals surface area (Å²) in [4.78, 5) is 10.7. The number of rotatable bonds is 20. The first-order chi connectivity index (χ1) is 19.3. The average Bonchev–Trinajstić information content (AvgIpc) is 3.37. The Kier molecular flexibility index (Phi) is 15.5. The van der Waals surface area contributed by atoms with Crippen LogP contribution in [0.5, 0.6) is 11.5 Å². The Labute approximate surface area is 255 Å². The molecule has 0 aliphatic heterocycles. The van der Waals surface area contributed by atoms with Gasteiger partial charge in [-0.2, -0.15) is 4.57 Å². The van der Waals surface area contributed by atoms with Crippen molar-refractivity contribution in [3.63, 3.8) is 0 Å². The van der Waals surface area contributed by atoms with E-state index in [9.17, 15) is 9.46 Å². The fraction of sp³-hybridized carbons (Fsp3) is 0.735. The van der Waals surface area contributed by atoms with Gasteiger partial charge in [0.05, 0.1) is 12.0 Å². The van der Waals surface area contributed by atoms with Crippen LogP contribution in [0.15, 0.2) is 29.2 Å². The van der Waals surface area contributed by atoms with E-state index in [1.165, 1.54) is 94.8 Å². The quantitative estimate of drug-likeness (QED) is 0.0923. The van der Waals surface area contributed by atoms with Crippen molar-refractivity contribution in [3.8, 4) is 11.5 Å². The van der Waals surface area contributed by atoms with E-state index in [2.05, 4.69) is 48.5 Å². The molecule has 0 spiro atoms. The van der Waals surface area contributed by atoms with Gasteiger partial charge in [-0.3, -0.25) is 0 Å². The zero-order valence-electron chi connectivity index (χ0n) is 27.2. The first kappa shape index (κ1) is 35.8. The Morgan fingerprint density at radius 3 is 1.68 bits per heavy atom. The van der Waals surface area contributed by atoms with Crippen LogP contribution in [0.3, 0.4) is 0 Å². The van der Waals surface area contributed by atoms with Gasteiger partial charge in [-0.25, -0.2) is 4.57 Å². The maximum absolute atomic E-state index is 13.1. The molecule has 1 atom stereocenters. The van der Waals surface area contributed by atoms with Gasteiger partial charge in [0, 0.05) is 11.1 Å². The normalized spacial score (nSPS) is 13.8. The van der Waals surface area contributed by atoms with Crippen LogP contribution in [0, 0.1) is 0 Å². The highest BCUT2D eigenvalue weighted by Crippen LogP contribution is 2.49. The van der Waals surface area contributed by atoms with E-state index in [-0.39, 0.29) is 17.1 Å². The monoisotopic (exact) mass is 608 g/mol. The summed E-state index contributed by atoms with van der Waals surface area (Å²) in [5, 5.41) is 1.88. The van der Waals surface area contributed by atoms with Crippen LogP contribution in [-0.4, -0.2) is 11.5 Å². The van der Waals surface area contributed by atoms with Crippen LogP contribution in [0.25, 0.3) is 0 Å². The number of thiazole rings is 1. The van der Waals surface area contributed by atoms with Crippen molar-refractivity contribution < 1.29 is 23.3 Å². The predicted molar refractivity (Wildman–Crippen MR) is 175 cm³/mol. The topological polar surface area (TPSA) is 59.6 Å². The van der Waals surface area contributed by atoms with E-state index >= 15 is 0 Å². The van der Waals surface area contributed by atoms with Crippen molar-refractivity contribution in [2.75, 3.05) is 6.61 Å². The lowest BCUT2D eigenvalue weighted by Gasteiger charge is -2.29. The van der Waals surface area contributed by atoms with Gasteiger partial charge in [0.15, 0.2) is 6.20 Å². The summed E-state index contributed by atoms with van der Waals surface area (Å²) < 4.78 is 27.1. The van der Waals surface area contributed by atoms with Crippen LogP contribution in [-0.2, 0) is 21.7 Å². The summed E-state index contributed by atoms with van der Waals surface area (Å²) in [5.41, 5.74) is 3.20. The number of unbranched alkanes of at least 4 members (excludes halogenated alkanes) is 13. The maximum Gasteiger partial charge on any atom is 0.441 e. The van der Waals surface area contributed by atoms with E-state index in [1.54, 1.807) is 10.8 Å². The predicted octanol–water partition coefficient (Wildman–Crippen LogP) is 10.7. The smallest absolute Gasteiger partial charge is 0.441 e. The first-order valence-corrected chi connectivity index (χ1v) is 18.8. The molecule has 0 saturated carbocycles. The zero-order chi connectivity index (χ0) is 30.4. The van der Waals surface area contributed by atoms with E-state index in [0.29, 0.717) is 12.4 Å². The van der Waals surface area contributed by atoms with Crippen LogP contribution < -0.4 is 13.8 Å². The Morgan fingerprint density at radius 1 is 0.756 bits per heavy atom. The molecule has 0 bridgehead atoms. The summed E-state index contributed by atoms with van der Waals surface area (Å²) in [6, 6.07) is 3.97. The van der Waals surface area contributed by atoms with Gasteiger partial charge >= 0.3 is 7.60 Å². The third kappa shape index (κ3) is 14.1. The molecular weight excluding hydrogens is 549 g/mol. The summed E-state index contributed by atoms with van der Waals surface area (Å²) in [5.74, 6) is 1.32. The van der Waals surface area contributed by atoms with Crippen molar-refractivity contribution >= 4 is 18.9 Å². The molecule has 2 rings (SSSR count). The number of hydrogen-bond donors (Lipinski definition) is 1. The summed E-state index contributed by atoms with van der Waals surface area (Å²) in [7, 11) is -3.91. The first-order valence-electron chi connectivity index (χ1n) is 16.1. The summed E-state index contributed by atoms with van der Waals surface area (Å²) in [6.45, 7) is 15.7. The lowest BCUT2D eigenvalue weighted by atomic mass is 9.81. The highest BCUT2D eigenvalue weighted by molar-refractivity contribution is 7.51. The largest absolute Gasteiger partial charge is 0.493 e. The molecule has 0 amide bonds. The third-order valence-electron chi connectivity index (χ3n) is 7.56. The highest BCUT2D eigenvalue weighted by atomic mass is 32.1. The molecule has 234 valence electrons. The van der Waals surface area contributed by atoms with Crippen molar-refractivity contribution in [2.24, 2.45) is 0 Å². The molecule has 1 unspecified atom stereocenters. The van der Waals surface area contributed by atoms with Gasteiger partial charge in [-0.1, -0.05) is 143 Å². The lowest BCUT2D eigenvalue weighted by molar-refractivity contribution is -0.674. The number of aromatic nitrogens is 1. The molecule has 0 fully saturated rings.